The van der Waals surface area contributed by atoms with Crippen LogP contribution in [0.25, 0.3) is 0 Å². The van der Waals surface area contributed by atoms with E-state index in [0.29, 0.717) is 11.6 Å². The van der Waals surface area contributed by atoms with E-state index in [1.807, 2.05) is 33.8 Å². The molecule has 1 aromatic heterocycles. The summed E-state index contributed by atoms with van der Waals surface area (Å²) in [6.07, 6.45) is 4.20. The molecule has 1 aliphatic carbocycles. The lowest BCUT2D eigenvalue weighted by Crippen LogP contribution is -2.41. The minimum Gasteiger partial charge on any atom is -0.491 e. The molecule has 5 nitrogen and oxygen atoms in total. The van der Waals surface area contributed by atoms with Crippen molar-refractivity contribution in [1.29, 1.82) is 0 Å². The highest BCUT2D eigenvalue weighted by atomic mass is 16.7. The summed E-state index contributed by atoms with van der Waals surface area (Å²) in [6.45, 7) is 8.12. The highest BCUT2D eigenvalue weighted by Crippen LogP contribution is 2.37. The monoisotopic (exact) mass is 291 g/mol. The van der Waals surface area contributed by atoms with Crippen LogP contribution in [0, 0.1) is 0 Å². The lowest BCUT2D eigenvalue weighted by Gasteiger charge is -2.32. The van der Waals surface area contributed by atoms with Gasteiger partial charge in [-0.2, -0.15) is 0 Å². The molecule has 0 spiro atoms. The fourth-order valence-corrected chi connectivity index (χ4v) is 2.13. The van der Waals surface area contributed by atoms with Crippen LogP contribution in [0.3, 0.4) is 0 Å². The quantitative estimate of drug-likeness (QED) is 0.793. The Hall–Kier alpha value is -1.27. The van der Waals surface area contributed by atoms with Crippen LogP contribution in [-0.4, -0.2) is 36.5 Å². The van der Waals surface area contributed by atoms with Crippen LogP contribution >= 0.6 is 0 Å². The molecule has 2 heterocycles. The normalized spacial score (nSPS) is 23.2. The number of methoxy groups -OCH3 is 1. The molecule has 0 N–H and O–H groups in total. The van der Waals surface area contributed by atoms with Gasteiger partial charge < -0.3 is 18.8 Å². The van der Waals surface area contributed by atoms with E-state index in [9.17, 15) is 0 Å². The largest absolute Gasteiger partial charge is 0.496 e. The zero-order chi connectivity index (χ0) is 15.3. The van der Waals surface area contributed by atoms with Crippen molar-refractivity contribution in [1.82, 2.24) is 4.98 Å². The van der Waals surface area contributed by atoms with Gasteiger partial charge in [0.2, 0.25) is 0 Å². The summed E-state index contributed by atoms with van der Waals surface area (Å²) in [6, 6.07) is 1.88. The van der Waals surface area contributed by atoms with Crippen molar-refractivity contribution in [3.63, 3.8) is 0 Å². The Morgan fingerprint density at radius 3 is 2.33 bits per heavy atom. The Labute approximate surface area is 126 Å². The number of aromatic nitrogens is 1. The molecule has 1 saturated heterocycles. The Morgan fingerprint density at radius 1 is 1.19 bits per heavy atom. The van der Waals surface area contributed by atoms with Gasteiger partial charge >= 0.3 is 7.12 Å². The predicted molar refractivity (Wildman–Crippen MR) is 80.2 cm³/mol. The van der Waals surface area contributed by atoms with Gasteiger partial charge in [0, 0.05) is 11.7 Å². The van der Waals surface area contributed by atoms with E-state index in [1.54, 1.807) is 13.3 Å². The molecule has 0 aromatic carbocycles. The lowest BCUT2D eigenvalue weighted by atomic mass is 9.80. The van der Waals surface area contributed by atoms with Crippen molar-refractivity contribution < 1.29 is 18.8 Å². The van der Waals surface area contributed by atoms with Crippen LogP contribution in [-0.2, 0) is 9.31 Å². The Bertz CT molecular complexity index is 526. The molecule has 6 heteroatoms. The van der Waals surface area contributed by atoms with Gasteiger partial charge in [0.15, 0.2) is 5.75 Å². The molecule has 1 saturated carbocycles. The van der Waals surface area contributed by atoms with Gasteiger partial charge in [-0.15, -0.1) is 0 Å². The SMILES string of the molecule is COc1cc(B2OC(C)(C)C(C)(C)O2)cnc1OC1CC1. The third-order valence-corrected chi connectivity index (χ3v) is 4.39. The van der Waals surface area contributed by atoms with Crippen LogP contribution in [0.1, 0.15) is 40.5 Å². The van der Waals surface area contributed by atoms with Crippen molar-refractivity contribution in [3.8, 4) is 11.6 Å². The molecule has 114 valence electrons. The Morgan fingerprint density at radius 2 is 1.81 bits per heavy atom. The van der Waals surface area contributed by atoms with Gasteiger partial charge in [-0.25, -0.2) is 4.98 Å². The van der Waals surface area contributed by atoms with Crippen molar-refractivity contribution in [2.75, 3.05) is 7.11 Å². The molecule has 1 aliphatic heterocycles. The number of rotatable bonds is 4. The highest BCUT2D eigenvalue weighted by molar-refractivity contribution is 6.62. The van der Waals surface area contributed by atoms with Crippen molar-refractivity contribution in [2.45, 2.75) is 57.8 Å². The second kappa shape index (κ2) is 4.88. The Balaban J connectivity index is 1.83. The molecule has 3 rings (SSSR count). The first-order chi connectivity index (χ1) is 9.82. The minimum atomic E-state index is -0.439. The van der Waals surface area contributed by atoms with Crippen LogP contribution in [0.2, 0.25) is 0 Å². The number of pyridine rings is 1. The molecule has 0 unspecified atom stereocenters. The maximum absolute atomic E-state index is 6.02. The third-order valence-electron chi connectivity index (χ3n) is 4.39. The second-order valence-corrected chi connectivity index (χ2v) is 6.68. The second-order valence-electron chi connectivity index (χ2n) is 6.68. The lowest BCUT2D eigenvalue weighted by molar-refractivity contribution is 0.00578. The average Bonchev–Trinajstić information content (AvgIpc) is 3.17. The zero-order valence-electron chi connectivity index (χ0n) is 13.3. The molecule has 21 heavy (non-hydrogen) atoms. The van der Waals surface area contributed by atoms with Gasteiger partial charge in [0.25, 0.3) is 5.88 Å². The molecule has 1 aromatic rings. The van der Waals surface area contributed by atoms with E-state index in [-0.39, 0.29) is 17.3 Å². The summed E-state index contributed by atoms with van der Waals surface area (Å²) in [5.41, 5.74) is 0.107. The summed E-state index contributed by atoms with van der Waals surface area (Å²) in [4.78, 5) is 4.36. The van der Waals surface area contributed by atoms with E-state index < -0.39 is 7.12 Å². The van der Waals surface area contributed by atoms with Crippen molar-refractivity contribution >= 4 is 12.6 Å². The third kappa shape index (κ3) is 2.74. The summed E-state index contributed by atoms with van der Waals surface area (Å²) < 4.78 is 23.2. The molecule has 0 radical (unpaired) electrons. The van der Waals surface area contributed by atoms with E-state index in [4.69, 9.17) is 18.8 Å². The van der Waals surface area contributed by atoms with Crippen LogP contribution in [0.4, 0.5) is 0 Å². The van der Waals surface area contributed by atoms with E-state index in [1.165, 1.54) is 0 Å². The van der Waals surface area contributed by atoms with Gasteiger partial charge in [-0.3, -0.25) is 0 Å². The summed E-state index contributed by atoms with van der Waals surface area (Å²) in [5, 5.41) is 0. The van der Waals surface area contributed by atoms with E-state index >= 15 is 0 Å². The first-order valence-corrected chi connectivity index (χ1v) is 7.38. The van der Waals surface area contributed by atoms with Crippen LogP contribution in [0.5, 0.6) is 11.6 Å². The van der Waals surface area contributed by atoms with Gasteiger partial charge in [-0.05, 0) is 46.6 Å². The topological polar surface area (TPSA) is 49.8 Å². The van der Waals surface area contributed by atoms with Crippen LogP contribution in [0.15, 0.2) is 12.3 Å². The summed E-state index contributed by atoms with van der Waals surface area (Å²) >= 11 is 0. The van der Waals surface area contributed by atoms with E-state index in [0.717, 1.165) is 18.3 Å². The Kier molecular flexibility index (Phi) is 3.41. The maximum Gasteiger partial charge on any atom is 0.496 e. The first kappa shape index (κ1) is 14.7. The number of nitrogens with zero attached hydrogens (tertiary/aromatic N) is 1. The number of hydrogen-bond acceptors (Lipinski definition) is 5. The fourth-order valence-electron chi connectivity index (χ4n) is 2.13. The van der Waals surface area contributed by atoms with Crippen LogP contribution < -0.4 is 14.9 Å². The van der Waals surface area contributed by atoms with Gasteiger partial charge in [-0.1, -0.05) is 0 Å². The first-order valence-electron chi connectivity index (χ1n) is 7.38. The van der Waals surface area contributed by atoms with Gasteiger partial charge in [0.1, 0.15) is 6.10 Å². The predicted octanol–water partition coefficient (Wildman–Crippen LogP) is 1.93. The molecule has 2 aliphatic rings. The molecule has 0 atom stereocenters. The van der Waals surface area contributed by atoms with Gasteiger partial charge in [0.05, 0.1) is 18.3 Å². The standard InChI is InChI=1S/C15H22BNO4/c1-14(2)15(3,4)21-16(20-14)10-8-12(18-5)13(17-9-10)19-11-6-7-11/h8-9,11H,6-7H2,1-5H3. The smallest absolute Gasteiger partial charge is 0.491 e. The number of hydrogen-bond donors (Lipinski definition) is 0. The molecule has 0 amide bonds. The minimum absolute atomic E-state index is 0.286. The van der Waals surface area contributed by atoms with Crippen molar-refractivity contribution in [2.24, 2.45) is 0 Å². The average molecular weight is 291 g/mol. The maximum atomic E-state index is 6.02. The molecule has 2 fully saturated rings. The summed E-state index contributed by atoms with van der Waals surface area (Å²) in [7, 11) is 1.18. The summed E-state index contributed by atoms with van der Waals surface area (Å²) in [5.74, 6) is 1.16. The van der Waals surface area contributed by atoms with E-state index in [2.05, 4.69) is 4.98 Å². The zero-order valence-corrected chi connectivity index (χ0v) is 13.3. The number of ether oxygens (including phenoxy) is 2. The molecular weight excluding hydrogens is 269 g/mol. The highest BCUT2D eigenvalue weighted by Gasteiger charge is 2.52. The fraction of sp³-hybridized carbons (Fsp3) is 0.667. The molecular formula is C15H22BNO4. The van der Waals surface area contributed by atoms with Crippen molar-refractivity contribution in [3.05, 3.63) is 12.3 Å². The molecule has 0 bridgehead atoms.